The first-order valence-corrected chi connectivity index (χ1v) is 6.67. The molecule has 0 aromatic carbocycles. The Balaban J connectivity index is 1.78. The van der Waals surface area contributed by atoms with Gasteiger partial charge in [0.2, 0.25) is 0 Å². The summed E-state index contributed by atoms with van der Waals surface area (Å²) >= 11 is 0. The molecule has 19 heavy (non-hydrogen) atoms. The van der Waals surface area contributed by atoms with Gasteiger partial charge in [0.25, 0.3) is 5.91 Å². The molecular formula is C13H16N2O4. The largest absolute Gasteiger partial charge is 0.480 e. The van der Waals surface area contributed by atoms with Crippen LogP contribution in [0.25, 0.3) is 0 Å². The third kappa shape index (κ3) is 2.34. The quantitative estimate of drug-likeness (QED) is 0.897. The van der Waals surface area contributed by atoms with E-state index in [4.69, 9.17) is 4.52 Å². The molecule has 1 aliphatic heterocycles. The summed E-state index contributed by atoms with van der Waals surface area (Å²) in [5, 5.41) is 13.0. The van der Waals surface area contributed by atoms with E-state index >= 15 is 0 Å². The zero-order valence-electron chi connectivity index (χ0n) is 10.5. The van der Waals surface area contributed by atoms with Crippen LogP contribution in [0.15, 0.2) is 10.6 Å². The van der Waals surface area contributed by atoms with Crippen molar-refractivity contribution in [3.63, 3.8) is 0 Å². The lowest BCUT2D eigenvalue weighted by Gasteiger charge is -2.32. The molecule has 2 fully saturated rings. The Morgan fingerprint density at radius 1 is 1.32 bits per heavy atom. The second-order valence-corrected chi connectivity index (χ2v) is 5.24. The fourth-order valence-electron chi connectivity index (χ4n) is 2.53. The van der Waals surface area contributed by atoms with Crippen molar-refractivity contribution in [1.82, 2.24) is 10.1 Å². The molecule has 1 N–H and O–H groups in total. The zero-order valence-corrected chi connectivity index (χ0v) is 10.5. The number of carboxylic acids is 1. The van der Waals surface area contributed by atoms with Crippen molar-refractivity contribution < 1.29 is 19.2 Å². The lowest BCUT2D eigenvalue weighted by molar-refractivity contribution is -0.143. The van der Waals surface area contributed by atoms with E-state index in [0.29, 0.717) is 18.9 Å². The van der Waals surface area contributed by atoms with Gasteiger partial charge in [-0.15, -0.1) is 0 Å². The molecule has 1 saturated carbocycles. The molecule has 1 saturated heterocycles. The first-order chi connectivity index (χ1) is 9.16. The van der Waals surface area contributed by atoms with E-state index in [9.17, 15) is 14.7 Å². The molecule has 1 amide bonds. The maximum atomic E-state index is 12.3. The summed E-state index contributed by atoms with van der Waals surface area (Å²) in [7, 11) is 0. The molecule has 1 atom stereocenters. The topological polar surface area (TPSA) is 83.6 Å². The maximum absolute atomic E-state index is 12.3. The zero-order chi connectivity index (χ0) is 13.4. The summed E-state index contributed by atoms with van der Waals surface area (Å²) in [6.07, 6.45) is 4.33. The Hall–Kier alpha value is -1.85. The van der Waals surface area contributed by atoms with E-state index in [2.05, 4.69) is 5.16 Å². The van der Waals surface area contributed by atoms with Crippen molar-refractivity contribution in [3.05, 3.63) is 17.5 Å². The second-order valence-electron chi connectivity index (χ2n) is 5.24. The Labute approximate surface area is 110 Å². The second kappa shape index (κ2) is 4.68. The van der Waals surface area contributed by atoms with Crippen molar-refractivity contribution in [2.45, 2.75) is 44.1 Å². The minimum atomic E-state index is -0.945. The number of aromatic nitrogens is 1. The van der Waals surface area contributed by atoms with Crippen LogP contribution in [-0.4, -0.2) is 39.6 Å². The van der Waals surface area contributed by atoms with Gasteiger partial charge in [0, 0.05) is 18.5 Å². The standard InChI is InChI=1S/C13H16N2O4/c16-12(9-7-11(19-14-9)8-4-5-8)15-6-2-1-3-10(15)13(17)18/h7-8,10H,1-6H2,(H,17,18). The average Bonchev–Trinajstić information content (AvgIpc) is 3.16. The van der Waals surface area contributed by atoms with Crippen molar-refractivity contribution in [3.8, 4) is 0 Å². The van der Waals surface area contributed by atoms with E-state index in [1.165, 1.54) is 4.90 Å². The fraction of sp³-hybridized carbons (Fsp3) is 0.615. The van der Waals surface area contributed by atoms with Gasteiger partial charge in [-0.05, 0) is 32.1 Å². The van der Waals surface area contributed by atoms with Crippen LogP contribution in [0.1, 0.15) is 54.3 Å². The summed E-state index contributed by atoms with van der Waals surface area (Å²) in [5.74, 6) is -0.139. The van der Waals surface area contributed by atoms with Crippen LogP contribution < -0.4 is 0 Å². The molecule has 0 radical (unpaired) electrons. The van der Waals surface area contributed by atoms with Gasteiger partial charge in [0.15, 0.2) is 5.69 Å². The molecule has 1 aromatic heterocycles. The van der Waals surface area contributed by atoms with Crippen molar-refractivity contribution in [1.29, 1.82) is 0 Å². The van der Waals surface area contributed by atoms with Crippen LogP contribution in [0, 0.1) is 0 Å². The van der Waals surface area contributed by atoms with E-state index in [0.717, 1.165) is 31.4 Å². The molecule has 1 aliphatic carbocycles. The van der Waals surface area contributed by atoms with Crippen LogP contribution in [0.5, 0.6) is 0 Å². The number of carbonyl (C=O) groups is 2. The highest BCUT2D eigenvalue weighted by atomic mass is 16.5. The van der Waals surface area contributed by atoms with Gasteiger partial charge < -0.3 is 14.5 Å². The summed E-state index contributed by atoms with van der Waals surface area (Å²) in [6.45, 7) is 0.474. The highest BCUT2D eigenvalue weighted by molar-refractivity contribution is 5.95. The average molecular weight is 264 g/mol. The first-order valence-electron chi connectivity index (χ1n) is 6.67. The maximum Gasteiger partial charge on any atom is 0.326 e. The van der Waals surface area contributed by atoms with Crippen LogP contribution >= 0.6 is 0 Å². The molecule has 3 rings (SSSR count). The van der Waals surface area contributed by atoms with Gasteiger partial charge in [-0.3, -0.25) is 4.79 Å². The minimum absolute atomic E-state index is 0.232. The minimum Gasteiger partial charge on any atom is -0.480 e. The molecule has 0 spiro atoms. The normalized spacial score (nSPS) is 23.4. The van der Waals surface area contributed by atoms with Crippen LogP contribution in [0.2, 0.25) is 0 Å². The monoisotopic (exact) mass is 264 g/mol. The van der Waals surface area contributed by atoms with E-state index in [-0.39, 0.29) is 11.6 Å². The van der Waals surface area contributed by atoms with Gasteiger partial charge in [-0.25, -0.2) is 4.79 Å². The number of carboxylic acid groups (broad SMARTS) is 1. The summed E-state index contributed by atoms with van der Waals surface area (Å²) < 4.78 is 5.15. The van der Waals surface area contributed by atoms with Crippen molar-refractivity contribution in [2.24, 2.45) is 0 Å². The third-order valence-corrected chi connectivity index (χ3v) is 3.78. The lowest BCUT2D eigenvalue weighted by Crippen LogP contribution is -2.48. The number of carbonyl (C=O) groups excluding carboxylic acids is 1. The first kappa shape index (κ1) is 12.2. The molecule has 2 heterocycles. The number of amides is 1. The number of hydrogen-bond acceptors (Lipinski definition) is 4. The van der Waals surface area contributed by atoms with Crippen LogP contribution in [0.4, 0.5) is 0 Å². The summed E-state index contributed by atoms with van der Waals surface area (Å²) in [4.78, 5) is 24.9. The molecule has 6 nitrogen and oxygen atoms in total. The molecule has 2 aliphatic rings. The Kier molecular flexibility index (Phi) is 3.00. The van der Waals surface area contributed by atoms with E-state index in [1.807, 2.05) is 0 Å². The lowest BCUT2D eigenvalue weighted by atomic mass is 10.0. The highest BCUT2D eigenvalue weighted by Gasteiger charge is 2.35. The van der Waals surface area contributed by atoms with Crippen LogP contribution in [0.3, 0.4) is 0 Å². The molecule has 1 aromatic rings. The predicted molar refractivity (Wildman–Crippen MR) is 64.8 cm³/mol. The number of likely N-dealkylation sites (tertiary alicyclic amines) is 1. The smallest absolute Gasteiger partial charge is 0.326 e. The van der Waals surface area contributed by atoms with Gasteiger partial charge in [0.1, 0.15) is 11.8 Å². The molecule has 0 bridgehead atoms. The summed E-state index contributed by atoms with van der Waals surface area (Å²) in [6, 6.07) is 0.926. The SMILES string of the molecule is O=C(O)C1CCCCN1C(=O)c1cc(C2CC2)on1. The fourth-order valence-corrected chi connectivity index (χ4v) is 2.53. The van der Waals surface area contributed by atoms with Gasteiger partial charge in [-0.2, -0.15) is 0 Å². The molecule has 6 heteroatoms. The summed E-state index contributed by atoms with van der Waals surface area (Å²) in [5.41, 5.74) is 0.232. The number of hydrogen-bond donors (Lipinski definition) is 1. The molecule has 1 unspecified atom stereocenters. The van der Waals surface area contributed by atoms with Gasteiger partial charge in [-0.1, -0.05) is 5.16 Å². The van der Waals surface area contributed by atoms with Crippen LogP contribution in [-0.2, 0) is 4.79 Å². The van der Waals surface area contributed by atoms with Gasteiger partial charge >= 0.3 is 5.97 Å². The number of piperidine rings is 1. The molecular weight excluding hydrogens is 248 g/mol. The molecule has 102 valence electrons. The van der Waals surface area contributed by atoms with E-state index < -0.39 is 12.0 Å². The Morgan fingerprint density at radius 3 is 2.79 bits per heavy atom. The Bertz CT molecular complexity index is 506. The number of rotatable bonds is 3. The van der Waals surface area contributed by atoms with Crippen molar-refractivity contribution >= 4 is 11.9 Å². The number of nitrogens with zero attached hydrogens (tertiary/aromatic N) is 2. The third-order valence-electron chi connectivity index (χ3n) is 3.78. The predicted octanol–water partition coefficient (Wildman–Crippen LogP) is 1.63. The highest BCUT2D eigenvalue weighted by Crippen LogP contribution is 2.40. The van der Waals surface area contributed by atoms with E-state index in [1.54, 1.807) is 6.07 Å². The van der Waals surface area contributed by atoms with Crippen molar-refractivity contribution in [2.75, 3.05) is 6.54 Å². The Morgan fingerprint density at radius 2 is 2.11 bits per heavy atom. The number of aliphatic carboxylic acids is 1. The van der Waals surface area contributed by atoms with Gasteiger partial charge in [0.05, 0.1) is 0 Å².